The Morgan fingerprint density at radius 3 is 1.83 bits per heavy atom. The molecule has 1 unspecified atom stereocenters. The summed E-state index contributed by atoms with van der Waals surface area (Å²) in [7, 11) is 0. The second-order valence-corrected chi connectivity index (χ2v) is 12.7. The number of nitrogens with zero attached hydrogens (tertiary/aromatic N) is 1. The van der Waals surface area contributed by atoms with Gasteiger partial charge in [-0.25, -0.2) is 4.99 Å². The highest BCUT2D eigenvalue weighted by Crippen LogP contribution is 2.63. The van der Waals surface area contributed by atoms with Crippen molar-refractivity contribution in [1.82, 2.24) is 5.32 Å². The van der Waals surface area contributed by atoms with Crippen molar-refractivity contribution in [3.63, 3.8) is 0 Å². The number of hydrogen-bond acceptors (Lipinski definition) is 3. The standard InChI is InChI=1S/C45H30N2O/c1-2-13-30(14-3-1)43-35-16-5-9-22-39(35)46-44(47-43)31-27-25-29(26-28-31)32-17-12-18-34-33-15-4-6-19-36(33)45(42(32)34)37-20-7-10-23-40(37)48-41-24-11-8-21-38(41)45/h1-28,43H,(H,46,47). The maximum Gasteiger partial charge on any atom is 0.134 e. The molecule has 3 aliphatic rings. The molecule has 10 rings (SSSR count). The molecule has 0 saturated heterocycles. The van der Waals surface area contributed by atoms with Crippen molar-refractivity contribution < 1.29 is 4.74 Å². The van der Waals surface area contributed by atoms with Crippen LogP contribution in [0, 0.1) is 0 Å². The van der Waals surface area contributed by atoms with Crippen LogP contribution in [0.2, 0.25) is 0 Å². The van der Waals surface area contributed by atoms with E-state index in [9.17, 15) is 0 Å². The van der Waals surface area contributed by atoms with Gasteiger partial charge in [-0.1, -0.05) is 152 Å². The molecular weight excluding hydrogens is 585 g/mol. The molecule has 3 nitrogen and oxygen atoms in total. The Hall–Kier alpha value is -6.19. The van der Waals surface area contributed by atoms with E-state index in [-0.39, 0.29) is 6.04 Å². The first-order valence-electron chi connectivity index (χ1n) is 16.5. The highest BCUT2D eigenvalue weighted by atomic mass is 16.5. The maximum absolute atomic E-state index is 6.57. The van der Waals surface area contributed by atoms with Crippen molar-refractivity contribution in [3.8, 4) is 33.8 Å². The number of aliphatic imine (C=N–C) groups is 1. The Kier molecular flexibility index (Phi) is 5.85. The third kappa shape index (κ3) is 3.79. The van der Waals surface area contributed by atoms with Crippen LogP contribution >= 0.6 is 0 Å². The lowest BCUT2D eigenvalue weighted by atomic mass is 9.64. The monoisotopic (exact) mass is 614 g/mol. The lowest BCUT2D eigenvalue weighted by molar-refractivity contribution is 0.436. The molecule has 0 amide bonds. The zero-order valence-corrected chi connectivity index (χ0v) is 26.1. The molecule has 48 heavy (non-hydrogen) atoms. The first-order chi connectivity index (χ1) is 23.8. The number of rotatable bonds is 3. The van der Waals surface area contributed by atoms with Gasteiger partial charge in [0.2, 0.25) is 0 Å². The number of benzene rings is 7. The molecular formula is C45H30N2O. The second-order valence-electron chi connectivity index (χ2n) is 12.7. The maximum atomic E-state index is 6.57. The Labute approximate surface area is 279 Å². The number of para-hydroxylation sites is 3. The van der Waals surface area contributed by atoms with Gasteiger partial charge in [-0.3, -0.25) is 0 Å². The van der Waals surface area contributed by atoms with E-state index in [0.29, 0.717) is 0 Å². The molecule has 1 atom stereocenters. The Morgan fingerprint density at radius 2 is 1.06 bits per heavy atom. The van der Waals surface area contributed by atoms with Crippen LogP contribution in [0.15, 0.2) is 175 Å². The number of amidine groups is 1. The van der Waals surface area contributed by atoms with Crippen molar-refractivity contribution in [2.75, 3.05) is 0 Å². The van der Waals surface area contributed by atoms with E-state index in [4.69, 9.17) is 9.73 Å². The van der Waals surface area contributed by atoms with Crippen LogP contribution in [-0.2, 0) is 5.41 Å². The van der Waals surface area contributed by atoms with Crippen LogP contribution in [0.25, 0.3) is 22.3 Å². The van der Waals surface area contributed by atoms with Crippen molar-refractivity contribution in [3.05, 3.63) is 209 Å². The van der Waals surface area contributed by atoms with Gasteiger partial charge in [0.05, 0.1) is 17.1 Å². The minimum absolute atomic E-state index is 0.0268. The first-order valence-corrected chi connectivity index (χ1v) is 16.5. The van der Waals surface area contributed by atoms with Crippen LogP contribution < -0.4 is 10.1 Å². The molecule has 1 aliphatic carbocycles. The summed E-state index contributed by atoms with van der Waals surface area (Å²) in [4.78, 5) is 5.09. The van der Waals surface area contributed by atoms with Crippen LogP contribution in [0.5, 0.6) is 11.5 Å². The molecule has 2 aliphatic heterocycles. The second kappa shape index (κ2) is 10.4. The minimum atomic E-state index is -0.520. The summed E-state index contributed by atoms with van der Waals surface area (Å²) in [6, 6.07) is 60.7. The normalized spacial score (nSPS) is 15.9. The van der Waals surface area contributed by atoms with Crippen LogP contribution in [0.4, 0.5) is 5.69 Å². The highest BCUT2D eigenvalue weighted by molar-refractivity contribution is 6.03. The van der Waals surface area contributed by atoms with E-state index in [2.05, 4.69) is 175 Å². The lowest BCUT2D eigenvalue weighted by Crippen LogP contribution is -2.33. The number of hydrogen-bond donors (Lipinski definition) is 1. The molecule has 1 N–H and O–H groups in total. The van der Waals surface area contributed by atoms with E-state index in [1.807, 2.05) is 0 Å². The molecule has 0 saturated carbocycles. The zero-order valence-electron chi connectivity index (χ0n) is 26.1. The molecule has 0 radical (unpaired) electrons. The van der Waals surface area contributed by atoms with Gasteiger partial charge in [0.15, 0.2) is 0 Å². The third-order valence-electron chi connectivity index (χ3n) is 10.2. The molecule has 0 aromatic heterocycles. The first kappa shape index (κ1) is 27.0. The predicted molar refractivity (Wildman–Crippen MR) is 193 cm³/mol. The van der Waals surface area contributed by atoms with E-state index >= 15 is 0 Å². The van der Waals surface area contributed by atoms with Gasteiger partial charge >= 0.3 is 0 Å². The Morgan fingerprint density at radius 1 is 0.479 bits per heavy atom. The fourth-order valence-corrected chi connectivity index (χ4v) is 8.22. The Bertz CT molecular complexity index is 2360. The summed E-state index contributed by atoms with van der Waals surface area (Å²) in [6.45, 7) is 0. The summed E-state index contributed by atoms with van der Waals surface area (Å²) in [5, 5.41) is 3.76. The fourth-order valence-electron chi connectivity index (χ4n) is 8.22. The summed E-state index contributed by atoms with van der Waals surface area (Å²) in [5.74, 6) is 2.68. The van der Waals surface area contributed by atoms with Crippen LogP contribution in [0.3, 0.4) is 0 Å². The smallest absolute Gasteiger partial charge is 0.134 e. The van der Waals surface area contributed by atoms with Crippen LogP contribution in [-0.4, -0.2) is 5.84 Å². The quantitative estimate of drug-likeness (QED) is 0.215. The fraction of sp³-hybridized carbons (Fsp3) is 0.0444. The van der Waals surface area contributed by atoms with Crippen LogP contribution in [0.1, 0.15) is 45.0 Å². The molecule has 1 spiro atoms. The van der Waals surface area contributed by atoms with Crippen molar-refractivity contribution in [2.24, 2.45) is 4.99 Å². The molecule has 2 heterocycles. The van der Waals surface area contributed by atoms with Gasteiger partial charge in [-0.2, -0.15) is 0 Å². The van der Waals surface area contributed by atoms with Gasteiger partial charge in [0, 0.05) is 22.3 Å². The van der Waals surface area contributed by atoms with E-state index in [0.717, 1.165) is 28.6 Å². The molecule has 0 fully saturated rings. The topological polar surface area (TPSA) is 33.6 Å². The van der Waals surface area contributed by atoms with E-state index in [1.54, 1.807) is 0 Å². The van der Waals surface area contributed by atoms with Gasteiger partial charge in [-0.05, 0) is 57.1 Å². The number of nitrogens with one attached hydrogen (secondary N) is 1. The van der Waals surface area contributed by atoms with E-state index in [1.165, 1.54) is 55.6 Å². The van der Waals surface area contributed by atoms with Gasteiger partial charge in [0.1, 0.15) is 17.3 Å². The van der Waals surface area contributed by atoms with Gasteiger partial charge in [0.25, 0.3) is 0 Å². The summed E-state index contributed by atoms with van der Waals surface area (Å²) in [6.07, 6.45) is 0. The SMILES string of the molecule is c1ccc(C2NC(c3ccc(-c4cccc5c4C4(c6ccccc6Oc6ccccc64)c4ccccc4-5)cc3)=Nc3ccccc32)cc1. The van der Waals surface area contributed by atoms with Crippen molar-refractivity contribution >= 4 is 11.5 Å². The third-order valence-corrected chi connectivity index (χ3v) is 10.2. The summed E-state index contributed by atoms with van der Waals surface area (Å²) >= 11 is 0. The summed E-state index contributed by atoms with van der Waals surface area (Å²) < 4.78 is 6.57. The average molecular weight is 615 g/mol. The van der Waals surface area contributed by atoms with E-state index < -0.39 is 5.41 Å². The van der Waals surface area contributed by atoms with Gasteiger partial charge < -0.3 is 10.1 Å². The summed E-state index contributed by atoms with van der Waals surface area (Å²) in [5.41, 5.74) is 13.8. The molecule has 3 heteroatoms. The predicted octanol–water partition coefficient (Wildman–Crippen LogP) is 10.6. The molecule has 226 valence electrons. The minimum Gasteiger partial charge on any atom is -0.457 e. The molecule has 7 aromatic carbocycles. The van der Waals surface area contributed by atoms with Gasteiger partial charge in [-0.15, -0.1) is 0 Å². The van der Waals surface area contributed by atoms with Crippen molar-refractivity contribution in [2.45, 2.75) is 11.5 Å². The average Bonchev–Trinajstić information content (AvgIpc) is 3.46. The molecule has 0 bridgehead atoms. The zero-order chi connectivity index (χ0) is 31.7. The highest BCUT2D eigenvalue weighted by Gasteiger charge is 2.52. The Balaban J connectivity index is 1.14. The number of fused-ring (bicyclic) bond motifs is 10. The lowest BCUT2D eigenvalue weighted by Gasteiger charge is -2.40. The number of ether oxygens (including phenoxy) is 1. The largest absolute Gasteiger partial charge is 0.457 e. The van der Waals surface area contributed by atoms with Crippen molar-refractivity contribution in [1.29, 1.82) is 0 Å². The molecule has 7 aromatic rings.